The molecule has 1 N–H and O–H groups in total. The lowest BCUT2D eigenvalue weighted by molar-refractivity contribution is 0.142. The first-order valence-corrected chi connectivity index (χ1v) is 12.1. The van der Waals surface area contributed by atoms with E-state index in [-0.39, 0.29) is 11.1 Å². The average molecular weight is 479 g/mol. The number of halogens is 1. The smallest absolute Gasteiger partial charge is 0.327 e. The highest BCUT2D eigenvalue weighted by atomic mass is 19.1. The van der Waals surface area contributed by atoms with Crippen LogP contribution in [0.15, 0.2) is 41.3 Å². The van der Waals surface area contributed by atoms with Gasteiger partial charge in [0.15, 0.2) is 5.65 Å². The molecule has 0 bridgehead atoms. The molecule has 3 aromatic heterocycles. The minimum atomic E-state index is -0.638. The van der Waals surface area contributed by atoms with Crippen LogP contribution < -0.4 is 10.4 Å². The van der Waals surface area contributed by atoms with E-state index in [0.29, 0.717) is 36.5 Å². The number of rotatable bonds is 7. The summed E-state index contributed by atoms with van der Waals surface area (Å²) in [7, 11) is 1.68. The SMILES string of the molecule is Cn1c(=O)[nH]c2c3cc(C(C)(C)c4ccc(OCCCN5CCC(F)CC5)nc4)ccc3nnc21. The van der Waals surface area contributed by atoms with Crippen LogP contribution in [0.4, 0.5) is 4.39 Å². The van der Waals surface area contributed by atoms with Gasteiger partial charge in [-0.2, -0.15) is 0 Å². The van der Waals surface area contributed by atoms with Crippen molar-refractivity contribution in [2.24, 2.45) is 7.05 Å². The summed E-state index contributed by atoms with van der Waals surface area (Å²) in [5.41, 5.74) is 3.55. The summed E-state index contributed by atoms with van der Waals surface area (Å²) < 4.78 is 20.6. The number of hydrogen-bond donors (Lipinski definition) is 1. The number of aryl methyl sites for hydroxylation is 1. The summed E-state index contributed by atoms with van der Waals surface area (Å²) in [5.74, 6) is 0.601. The van der Waals surface area contributed by atoms with Crippen molar-refractivity contribution in [3.63, 3.8) is 0 Å². The van der Waals surface area contributed by atoms with Crippen molar-refractivity contribution in [1.82, 2.24) is 29.6 Å². The lowest BCUT2D eigenvalue weighted by Crippen LogP contribution is -2.35. The minimum Gasteiger partial charge on any atom is -0.478 e. The molecule has 0 atom stereocenters. The second-order valence-electron chi connectivity index (χ2n) is 9.85. The summed E-state index contributed by atoms with van der Waals surface area (Å²) in [6, 6.07) is 10.00. The second-order valence-corrected chi connectivity index (χ2v) is 9.85. The Morgan fingerprint density at radius 3 is 2.66 bits per heavy atom. The van der Waals surface area contributed by atoms with E-state index < -0.39 is 6.17 Å². The van der Waals surface area contributed by atoms with E-state index in [1.165, 1.54) is 4.57 Å². The fourth-order valence-corrected chi connectivity index (χ4v) is 4.72. The molecule has 1 aromatic carbocycles. The maximum atomic E-state index is 13.3. The molecule has 0 aliphatic carbocycles. The third-order valence-electron chi connectivity index (χ3n) is 7.16. The number of nitrogens with one attached hydrogen (secondary N) is 1. The van der Waals surface area contributed by atoms with Gasteiger partial charge in [-0.3, -0.25) is 4.57 Å². The molecule has 0 radical (unpaired) electrons. The van der Waals surface area contributed by atoms with Crippen molar-refractivity contribution in [3.8, 4) is 5.88 Å². The highest BCUT2D eigenvalue weighted by Gasteiger charge is 2.25. The van der Waals surface area contributed by atoms with Gasteiger partial charge >= 0.3 is 5.69 Å². The molecular weight excluding hydrogens is 447 g/mol. The zero-order valence-electron chi connectivity index (χ0n) is 20.4. The predicted molar refractivity (Wildman–Crippen MR) is 134 cm³/mol. The number of likely N-dealkylation sites (tertiary alicyclic amines) is 1. The average Bonchev–Trinajstić information content (AvgIpc) is 3.16. The number of ether oxygens (including phenoxy) is 1. The fourth-order valence-electron chi connectivity index (χ4n) is 4.72. The van der Waals surface area contributed by atoms with Crippen LogP contribution in [0.3, 0.4) is 0 Å². The van der Waals surface area contributed by atoms with Gasteiger partial charge in [0.25, 0.3) is 0 Å². The summed E-state index contributed by atoms with van der Waals surface area (Å²) >= 11 is 0. The molecule has 0 spiro atoms. The van der Waals surface area contributed by atoms with Crippen LogP contribution in [0.1, 0.15) is 44.2 Å². The Balaban J connectivity index is 1.28. The van der Waals surface area contributed by atoms with Crippen molar-refractivity contribution in [3.05, 3.63) is 58.1 Å². The summed E-state index contributed by atoms with van der Waals surface area (Å²) in [6.07, 6.45) is 3.39. The summed E-state index contributed by atoms with van der Waals surface area (Å²) in [4.78, 5) is 21.8. The van der Waals surface area contributed by atoms with Gasteiger partial charge in [-0.1, -0.05) is 26.0 Å². The van der Waals surface area contributed by atoms with E-state index >= 15 is 0 Å². The molecule has 4 heterocycles. The standard InChI is InChI=1S/C26H31FN6O2/c1-26(2,17-5-7-21-20(15-17)23-24(31-30-21)32(3)25(34)29-23)18-6-8-22(28-16-18)35-14-4-11-33-12-9-19(27)10-13-33/h5-8,15-16,19H,4,9-14H2,1-3H3,(H,29,34). The van der Waals surface area contributed by atoms with Gasteiger partial charge in [0.2, 0.25) is 5.88 Å². The number of fused-ring (bicyclic) bond motifs is 3. The first-order chi connectivity index (χ1) is 16.8. The Morgan fingerprint density at radius 1 is 1.14 bits per heavy atom. The largest absolute Gasteiger partial charge is 0.478 e. The van der Waals surface area contributed by atoms with Gasteiger partial charge in [-0.05, 0) is 42.5 Å². The highest BCUT2D eigenvalue weighted by Crippen LogP contribution is 2.34. The van der Waals surface area contributed by atoms with Crippen LogP contribution in [0.25, 0.3) is 22.1 Å². The lowest BCUT2D eigenvalue weighted by Gasteiger charge is -2.28. The van der Waals surface area contributed by atoms with Crippen LogP contribution in [0.2, 0.25) is 0 Å². The normalized spacial score (nSPS) is 15.8. The molecule has 9 heteroatoms. The van der Waals surface area contributed by atoms with Crippen molar-refractivity contribution in [2.45, 2.75) is 44.7 Å². The van der Waals surface area contributed by atoms with Gasteiger partial charge in [-0.25, -0.2) is 14.2 Å². The van der Waals surface area contributed by atoms with E-state index in [4.69, 9.17) is 4.74 Å². The van der Waals surface area contributed by atoms with E-state index in [1.807, 2.05) is 30.5 Å². The number of piperidine rings is 1. The summed E-state index contributed by atoms with van der Waals surface area (Å²) in [6.45, 7) is 7.46. The van der Waals surface area contributed by atoms with Crippen LogP contribution in [0.5, 0.6) is 5.88 Å². The van der Waals surface area contributed by atoms with Crippen LogP contribution in [-0.2, 0) is 12.5 Å². The molecule has 5 rings (SSSR count). The van der Waals surface area contributed by atoms with E-state index in [2.05, 4.69) is 45.0 Å². The topological polar surface area (TPSA) is 88.9 Å². The Labute approximate surface area is 203 Å². The first-order valence-electron chi connectivity index (χ1n) is 12.1. The maximum absolute atomic E-state index is 13.3. The molecule has 1 aliphatic heterocycles. The monoisotopic (exact) mass is 478 g/mol. The van der Waals surface area contributed by atoms with Crippen molar-refractivity contribution < 1.29 is 9.13 Å². The number of benzene rings is 1. The van der Waals surface area contributed by atoms with Crippen LogP contribution in [-0.4, -0.2) is 62.0 Å². The summed E-state index contributed by atoms with van der Waals surface area (Å²) in [5, 5.41) is 9.33. The number of aromatic amines is 1. The number of H-pyrrole nitrogens is 1. The minimum absolute atomic E-state index is 0.212. The molecule has 35 heavy (non-hydrogen) atoms. The molecule has 8 nitrogen and oxygen atoms in total. The van der Waals surface area contributed by atoms with Gasteiger partial charge in [-0.15, -0.1) is 10.2 Å². The van der Waals surface area contributed by atoms with Gasteiger partial charge in [0.05, 0.1) is 17.6 Å². The molecule has 184 valence electrons. The number of aromatic nitrogens is 5. The second kappa shape index (κ2) is 9.37. The molecule has 1 saturated heterocycles. The van der Waals surface area contributed by atoms with Crippen LogP contribution in [0, 0.1) is 0 Å². The van der Waals surface area contributed by atoms with Crippen LogP contribution >= 0.6 is 0 Å². The predicted octanol–water partition coefficient (Wildman–Crippen LogP) is 3.73. The molecule has 1 fully saturated rings. The number of alkyl halides is 1. The van der Waals surface area contributed by atoms with Gasteiger partial charge in [0, 0.05) is 49.7 Å². The fraction of sp³-hybridized carbons (Fsp3) is 0.462. The number of pyridine rings is 1. The van der Waals surface area contributed by atoms with E-state index in [1.54, 1.807) is 7.05 Å². The molecule has 1 aliphatic rings. The number of hydrogen-bond acceptors (Lipinski definition) is 6. The third kappa shape index (κ3) is 4.65. The zero-order chi connectivity index (χ0) is 24.6. The van der Waals surface area contributed by atoms with E-state index in [0.717, 1.165) is 48.1 Å². The Bertz CT molecular complexity index is 1390. The number of imidazole rings is 1. The Kier molecular flexibility index (Phi) is 6.27. The Hall–Kier alpha value is -3.33. The first kappa shape index (κ1) is 23.4. The van der Waals surface area contributed by atoms with Crippen molar-refractivity contribution in [1.29, 1.82) is 0 Å². The maximum Gasteiger partial charge on any atom is 0.327 e. The van der Waals surface area contributed by atoms with Gasteiger partial charge < -0.3 is 14.6 Å². The van der Waals surface area contributed by atoms with E-state index in [9.17, 15) is 9.18 Å². The molecule has 0 unspecified atom stereocenters. The third-order valence-corrected chi connectivity index (χ3v) is 7.16. The number of nitrogens with zero attached hydrogens (tertiary/aromatic N) is 5. The van der Waals surface area contributed by atoms with Crippen molar-refractivity contribution in [2.75, 3.05) is 26.2 Å². The molecular formula is C26H31FN6O2. The molecule has 0 amide bonds. The van der Waals surface area contributed by atoms with Crippen molar-refractivity contribution >= 4 is 22.1 Å². The highest BCUT2D eigenvalue weighted by molar-refractivity contribution is 6.00. The zero-order valence-corrected chi connectivity index (χ0v) is 20.4. The molecule has 4 aromatic rings. The molecule has 0 saturated carbocycles. The quantitative estimate of drug-likeness (QED) is 0.407. The van der Waals surface area contributed by atoms with Gasteiger partial charge in [0.1, 0.15) is 6.17 Å². The lowest BCUT2D eigenvalue weighted by atomic mass is 9.78. The Morgan fingerprint density at radius 2 is 1.91 bits per heavy atom.